The van der Waals surface area contributed by atoms with Gasteiger partial charge in [-0.3, -0.25) is 4.98 Å². The number of pyridine rings is 1. The summed E-state index contributed by atoms with van der Waals surface area (Å²) in [6, 6.07) is 3.70. The molecule has 0 aromatic carbocycles. The van der Waals surface area contributed by atoms with Gasteiger partial charge in [-0.05, 0) is 17.7 Å². The normalized spacial score (nSPS) is 9.87. The maximum atomic E-state index is 10.5. The summed E-state index contributed by atoms with van der Waals surface area (Å²) in [4.78, 5) is 19.2. The zero-order valence-electron chi connectivity index (χ0n) is 7.58. The van der Waals surface area contributed by atoms with E-state index < -0.39 is 6.09 Å². The fourth-order valence-electron chi connectivity index (χ4n) is 1.04. The first-order valence-corrected chi connectivity index (χ1v) is 4.91. The predicted molar refractivity (Wildman–Crippen MR) is 55.6 cm³/mol. The highest BCUT2D eigenvalue weighted by molar-refractivity contribution is 7.16. The van der Waals surface area contributed by atoms with E-state index in [1.807, 2.05) is 12.1 Å². The van der Waals surface area contributed by atoms with E-state index in [2.05, 4.69) is 14.7 Å². The summed E-state index contributed by atoms with van der Waals surface area (Å²) in [5, 5.41) is 0.245. The number of hydrogen-bond donors (Lipinski definition) is 1. The van der Waals surface area contributed by atoms with Crippen LogP contribution in [0, 0.1) is 0 Å². The van der Waals surface area contributed by atoms with Crippen LogP contribution in [0.5, 0.6) is 5.19 Å². The van der Waals surface area contributed by atoms with Crippen molar-refractivity contribution in [1.82, 2.24) is 9.97 Å². The molecular formula is C9H7N3O2S. The fourth-order valence-corrected chi connectivity index (χ4v) is 1.82. The van der Waals surface area contributed by atoms with E-state index in [-0.39, 0.29) is 5.19 Å². The van der Waals surface area contributed by atoms with Crippen LogP contribution < -0.4 is 10.5 Å². The molecule has 0 bridgehead atoms. The van der Waals surface area contributed by atoms with Crippen LogP contribution in [0.4, 0.5) is 4.79 Å². The molecule has 0 fully saturated rings. The van der Waals surface area contributed by atoms with Crippen LogP contribution in [-0.2, 0) is 0 Å². The SMILES string of the molecule is NC(=O)Oc1ncc(-c2ccncc2)s1. The van der Waals surface area contributed by atoms with Crippen LogP contribution in [0.3, 0.4) is 0 Å². The Labute approximate surface area is 89.5 Å². The zero-order valence-corrected chi connectivity index (χ0v) is 8.40. The standard InChI is InChI=1S/C9H7N3O2S/c10-8(13)14-9-12-5-7(15-9)6-1-3-11-4-2-6/h1-5H,(H2,10,13). The molecule has 2 aromatic rings. The highest BCUT2D eigenvalue weighted by Gasteiger charge is 2.06. The maximum Gasteiger partial charge on any atom is 0.411 e. The van der Waals surface area contributed by atoms with Gasteiger partial charge in [0.2, 0.25) is 0 Å². The van der Waals surface area contributed by atoms with Gasteiger partial charge in [0.05, 0.1) is 4.88 Å². The topological polar surface area (TPSA) is 78.1 Å². The van der Waals surface area contributed by atoms with Crippen molar-refractivity contribution in [3.63, 3.8) is 0 Å². The van der Waals surface area contributed by atoms with Crippen molar-refractivity contribution >= 4 is 17.4 Å². The first-order valence-electron chi connectivity index (χ1n) is 4.09. The Kier molecular flexibility index (Phi) is 2.59. The third-order valence-electron chi connectivity index (χ3n) is 1.64. The molecule has 0 spiro atoms. The van der Waals surface area contributed by atoms with Crippen molar-refractivity contribution in [2.75, 3.05) is 0 Å². The largest absolute Gasteiger partial charge is 0.411 e. The number of hydrogen-bond acceptors (Lipinski definition) is 5. The highest BCUT2D eigenvalue weighted by atomic mass is 32.1. The van der Waals surface area contributed by atoms with Gasteiger partial charge in [0.1, 0.15) is 0 Å². The molecule has 0 atom stereocenters. The summed E-state index contributed by atoms with van der Waals surface area (Å²) in [6.07, 6.45) is 4.14. The molecule has 0 saturated carbocycles. The van der Waals surface area contributed by atoms with E-state index in [1.54, 1.807) is 18.6 Å². The molecule has 2 N–H and O–H groups in total. The van der Waals surface area contributed by atoms with Gasteiger partial charge in [0, 0.05) is 18.6 Å². The Morgan fingerprint density at radius 1 is 1.40 bits per heavy atom. The first-order chi connectivity index (χ1) is 7.25. The van der Waals surface area contributed by atoms with E-state index >= 15 is 0 Å². The molecule has 0 unspecified atom stereocenters. The molecule has 1 amide bonds. The molecule has 6 heteroatoms. The first kappa shape index (κ1) is 9.60. The molecular weight excluding hydrogens is 214 g/mol. The van der Waals surface area contributed by atoms with E-state index in [0.29, 0.717) is 0 Å². The van der Waals surface area contributed by atoms with Crippen molar-refractivity contribution in [2.24, 2.45) is 5.73 Å². The Morgan fingerprint density at radius 2 is 2.13 bits per heavy atom. The lowest BCUT2D eigenvalue weighted by Crippen LogP contribution is -2.15. The number of rotatable bonds is 2. The zero-order chi connectivity index (χ0) is 10.7. The molecule has 76 valence electrons. The number of amides is 1. The molecule has 0 radical (unpaired) electrons. The second-order valence-electron chi connectivity index (χ2n) is 2.65. The molecule has 2 aromatic heterocycles. The number of carbonyl (C=O) groups excluding carboxylic acids is 1. The lowest BCUT2D eigenvalue weighted by Gasteiger charge is -1.93. The number of aromatic nitrogens is 2. The molecule has 0 aliphatic rings. The van der Waals surface area contributed by atoms with E-state index in [9.17, 15) is 4.79 Å². The van der Waals surface area contributed by atoms with Gasteiger partial charge < -0.3 is 10.5 Å². The van der Waals surface area contributed by atoms with Gasteiger partial charge in [-0.1, -0.05) is 11.3 Å². The summed E-state index contributed by atoms with van der Waals surface area (Å²) in [5.74, 6) is 0. The van der Waals surface area contributed by atoms with Crippen molar-refractivity contribution in [1.29, 1.82) is 0 Å². The average Bonchev–Trinajstić information content (AvgIpc) is 2.67. The van der Waals surface area contributed by atoms with Crippen molar-refractivity contribution in [3.05, 3.63) is 30.7 Å². The van der Waals surface area contributed by atoms with Gasteiger partial charge in [-0.25, -0.2) is 9.78 Å². The molecule has 2 rings (SSSR count). The van der Waals surface area contributed by atoms with E-state index in [1.165, 1.54) is 11.3 Å². The molecule has 5 nitrogen and oxygen atoms in total. The predicted octanol–water partition coefficient (Wildman–Crippen LogP) is 1.66. The smallest absolute Gasteiger partial charge is 0.381 e. The molecule has 0 aliphatic carbocycles. The Bertz CT molecular complexity index is 469. The molecule has 0 saturated heterocycles. The lowest BCUT2D eigenvalue weighted by atomic mass is 10.2. The molecule has 2 heterocycles. The van der Waals surface area contributed by atoms with Crippen molar-refractivity contribution in [3.8, 4) is 15.6 Å². The Hall–Kier alpha value is -1.95. The second kappa shape index (κ2) is 4.05. The number of ether oxygens (including phenoxy) is 1. The van der Waals surface area contributed by atoms with Gasteiger partial charge in [0.25, 0.3) is 5.19 Å². The summed E-state index contributed by atoms with van der Waals surface area (Å²) >= 11 is 1.25. The van der Waals surface area contributed by atoms with Crippen LogP contribution in [0.2, 0.25) is 0 Å². The van der Waals surface area contributed by atoms with Crippen LogP contribution in [0.15, 0.2) is 30.7 Å². The number of nitrogens with zero attached hydrogens (tertiary/aromatic N) is 2. The molecule has 15 heavy (non-hydrogen) atoms. The number of primary amides is 1. The minimum Gasteiger partial charge on any atom is -0.381 e. The summed E-state index contributed by atoms with van der Waals surface area (Å²) in [5.41, 5.74) is 5.84. The fraction of sp³-hybridized carbons (Fsp3) is 0. The number of thiazole rings is 1. The van der Waals surface area contributed by atoms with Crippen molar-refractivity contribution in [2.45, 2.75) is 0 Å². The van der Waals surface area contributed by atoms with E-state index in [4.69, 9.17) is 5.73 Å². The summed E-state index contributed by atoms with van der Waals surface area (Å²) in [6.45, 7) is 0. The minimum absolute atomic E-state index is 0.245. The van der Waals surface area contributed by atoms with Gasteiger partial charge in [0.15, 0.2) is 0 Å². The molecule has 0 aliphatic heterocycles. The maximum absolute atomic E-state index is 10.5. The number of nitrogens with two attached hydrogens (primary N) is 1. The average molecular weight is 221 g/mol. The third-order valence-corrected chi connectivity index (χ3v) is 2.56. The lowest BCUT2D eigenvalue weighted by molar-refractivity contribution is 0.210. The van der Waals surface area contributed by atoms with Gasteiger partial charge in [-0.2, -0.15) is 0 Å². The quantitative estimate of drug-likeness (QED) is 0.836. The monoisotopic (exact) mass is 221 g/mol. The van der Waals surface area contributed by atoms with Crippen LogP contribution in [-0.4, -0.2) is 16.1 Å². The van der Waals surface area contributed by atoms with Crippen molar-refractivity contribution < 1.29 is 9.53 Å². The van der Waals surface area contributed by atoms with E-state index in [0.717, 1.165) is 10.4 Å². The third kappa shape index (κ3) is 2.29. The summed E-state index contributed by atoms with van der Waals surface area (Å²) in [7, 11) is 0. The van der Waals surface area contributed by atoms with Crippen LogP contribution in [0.25, 0.3) is 10.4 Å². The second-order valence-corrected chi connectivity index (χ2v) is 3.64. The Balaban J connectivity index is 2.24. The van der Waals surface area contributed by atoms with Gasteiger partial charge in [-0.15, -0.1) is 0 Å². The van der Waals surface area contributed by atoms with Crippen LogP contribution >= 0.6 is 11.3 Å². The Morgan fingerprint density at radius 3 is 2.80 bits per heavy atom. The number of carbonyl (C=O) groups is 1. The van der Waals surface area contributed by atoms with Crippen LogP contribution in [0.1, 0.15) is 0 Å². The van der Waals surface area contributed by atoms with Gasteiger partial charge >= 0.3 is 6.09 Å². The summed E-state index contributed by atoms with van der Waals surface area (Å²) < 4.78 is 4.65. The minimum atomic E-state index is -0.856. The highest BCUT2D eigenvalue weighted by Crippen LogP contribution is 2.29.